The van der Waals surface area contributed by atoms with Gasteiger partial charge >= 0.3 is 5.97 Å². The molecule has 4 fully saturated rings. The van der Waals surface area contributed by atoms with E-state index in [2.05, 4.69) is 15.9 Å². The molecule has 2 aromatic carbocycles. The molecule has 29 heavy (non-hydrogen) atoms. The smallest absolute Gasteiger partial charge is 0.313 e. The topological polar surface area (TPSA) is 43.4 Å². The van der Waals surface area contributed by atoms with Crippen LogP contribution in [0.1, 0.15) is 60.6 Å². The highest BCUT2D eigenvalue weighted by molar-refractivity contribution is 9.10. The van der Waals surface area contributed by atoms with E-state index in [9.17, 15) is 9.59 Å². The summed E-state index contributed by atoms with van der Waals surface area (Å²) in [7, 11) is 0. The zero-order valence-electron chi connectivity index (χ0n) is 16.4. The second-order valence-corrected chi connectivity index (χ2v) is 11.0. The lowest BCUT2D eigenvalue weighted by Crippen LogP contribution is -2.56. The zero-order valence-corrected chi connectivity index (χ0v) is 17.9. The van der Waals surface area contributed by atoms with Crippen LogP contribution in [-0.2, 0) is 9.53 Å². The first-order valence-electron chi connectivity index (χ1n) is 10.5. The molecule has 0 aliphatic heterocycles. The Morgan fingerprint density at radius 3 is 2.07 bits per heavy atom. The summed E-state index contributed by atoms with van der Waals surface area (Å²) in [6, 6.07) is 18.5. The number of ether oxygens (including phenoxy) is 1. The van der Waals surface area contributed by atoms with Crippen molar-refractivity contribution in [2.75, 3.05) is 0 Å². The quantitative estimate of drug-likeness (QED) is 0.322. The maximum atomic E-state index is 13.6. The molecular weight excluding hydrogens is 428 g/mol. The van der Waals surface area contributed by atoms with Crippen LogP contribution in [-0.4, -0.2) is 16.1 Å². The van der Waals surface area contributed by atoms with Gasteiger partial charge in [0.05, 0.1) is 5.41 Å². The summed E-state index contributed by atoms with van der Waals surface area (Å²) >= 11 is 3.96. The molecule has 4 aliphatic rings. The lowest BCUT2D eigenvalue weighted by Gasteiger charge is -2.59. The average Bonchev–Trinajstić information content (AvgIpc) is 2.71. The molecule has 0 N–H and O–H groups in total. The molecular formula is C25H25BrO3. The van der Waals surface area contributed by atoms with Crippen LogP contribution in [0, 0.1) is 17.3 Å². The molecule has 0 radical (unpaired) electrons. The van der Waals surface area contributed by atoms with E-state index in [-0.39, 0.29) is 16.1 Å². The lowest BCUT2D eigenvalue weighted by atomic mass is 9.49. The van der Waals surface area contributed by atoms with E-state index in [1.54, 1.807) is 12.1 Å². The van der Waals surface area contributed by atoms with Gasteiger partial charge in [0.2, 0.25) is 5.78 Å². The minimum Gasteiger partial charge on any atom is -0.449 e. The van der Waals surface area contributed by atoms with Crippen LogP contribution in [0.3, 0.4) is 0 Å². The molecule has 2 unspecified atom stereocenters. The number of carbonyl (C=O) groups is 2. The minimum atomic E-state index is -0.898. The number of hydrogen-bond donors (Lipinski definition) is 0. The fourth-order valence-corrected chi connectivity index (χ4v) is 7.73. The molecule has 0 saturated heterocycles. The molecule has 2 aromatic rings. The first-order chi connectivity index (χ1) is 14.0. The Kier molecular flexibility index (Phi) is 4.65. The summed E-state index contributed by atoms with van der Waals surface area (Å²) in [5.74, 6) is 0.823. The summed E-state index contributed by atoms with van der Waals surface area (Å²) < 4.78 is 6.14. The van der Waals surface area contributed by atoms with Crippen LogP contribution < -0.4 is 0 Å². The van der Waals surface area contributed by atoms with Crippen molar-refractivity contribution in [2.45, 2.75) is 49.0 Å². The molecule has 0 heterocycles. The summed E-state index contributed by atoms with van der Waals surface area (Å²) in [4.78, 5) is 26.8. The van der Waals surface area contributed by atoms with E-state index < -0.39 is 11.5 Å². The van der Waals surface area contributed by atoms with E-state index in [4.69, 9.17) is 4.74 Å². The van der Waals surface area contributed by atoms with Gasteiger partial charge in [0.25, 0.3) is 0 Å². The number of alkyl halides is 1. The Bertz CT molecular complexity index is 910. The monoisotopic (exact) mass is 452 g/mol. The van der Waals surface area contributed by atoms with E-state index in [1.165, 1.54) is 6.42 Å². The second-order valence-electron chi connectivity index (χ2n) is 9.32. The van der Waals surface area contributed by atoms with Gasteiger partial charge in [0, 0.05) is 15.5 Å². The highest BCUT2D eigenvalue weighted by Gasteiger charge is 2.60. The first-order valence-corrected chi connectivity index (χ1v) is 11.3. The molecule has 0 amide bonds. The van der Waals surface area contributed by atoms with Crippen molar-refractivity contribution < 1.29 is 14.3 Å². The minimum absolute atomic E-state index is 0.0712. The highest BCUT2D eigenvalue weighted by atomic mass is 79.9. The molecule has 4 saturated carbocycles. The summed E-state index contributed by atoms with van der Waals surface area (Å²) in [6.45, 7) is 0. The van der Waals surface area contributed by atoms with Crippen molar-refractivity contribution >= 4 is 27.7 Å². The van der Waals surface area contributed by atoms with Crippen molar-refractivity contribution in [1.82, 2.24) is 0 Å². The lowest BCUT2D eigenvalue weighted by molar-refractivity contribution is -0.173. The van der Waals surface area contributed by atoms with Crippen molar-refractivity contribution in [1.29, 1.82) is 0 Å². The van der Waals surface area contributed by atoms with Crippen LogP contribution in [0.15, 0.2) is 60.7 Å². The van der Waals surface area contributed by atoms with Crippen molar-refractivity contribution in [3.8, 4) is 0 Å². The van der Waals surface area contributed by atoms with Crippen molar-refractivity contribution in [3.63, 3.8) is 0 Å². The van der Waals surface area contributed by atoms with E-state index in [0.29, 0.717) is 17.4 Å². The van der Waals surface area contributed by atoms with Gasteiger partial charge in [0.15, 0.2) is 6.10 Å². The third kappa shape index (κ3) is 3.46. The number of halogens is 1. The number of rotatable bonds is 5. The molecule has 0 spiro atoms. The van der Waals surface area contributed by atoms with Crippen molar-refractivity contribution in [3.05, 3.63) is 71.8 Å². The third-order valence-electron chi connectivity index (χ3n) is 7.05. The van der Waals surface area contributed by atoms with Gasteiger partial charge in [0.1, 0.15) is 0 Å². The number of ketones is 1. The van der Waals surface area contributed by atoms with Crippen LogP contribution >= 0.6 is 15.9 Å². The van der Waals surface area contributed by atoms with Crippen LogP contribution in [0.4, 0.5) is 0 Å². The Morgan fingerprint density at radius 1 is 0.897 bits per heavy atom. The SMILES string of the molecule is O=C(c1ccccc1)[C@@H](OC(=O)C12C[C@@H]3C[C@@H](CC(Br)(C3)C1)C2)c1ccccc1. The molecule has 4 heteroatoms. The predicted molar refractivity (Wildman–Crippen MR) is 115 cm³/mol. The number of benzene rings is 2. The van der Waals surface area contributed by atoms with Gasteiger partial charge in [-0.1, -0.05) is 76.6 Å². The van der Waals surface area contributed by atoms with E-state index in [0.717, 1.165) is 37.7 Å². The largest absolute Gasteiger partial charge is 0.449 e. The first kappa shape index (κ1) is 19.0. The number of hydrogen-bond acceptors (Lipinski definition) is 3. The summed E-state index contributed by atoms with van der Waals surface area (Å²) in [6.07, 6.45) is 5.27. The highest BCUT2D eigenvalue weighted by Crippen LogP contribution is 2.64. The molecule has 6 rings (SSSR count). The maximum Gasteiger partial charge on any atom is 0.313 e. The van der Waals surface area contributed by atoms with Crippen LogP contribution in [0.2, 0.25) is 0 Å². The van der Waals surface area contributed by atoms with Gasteiger partial charge in [-0.15, -0.1) is 0 Å². The molecule has 3 nitrogen and oxygen atoms in total. The summed E-state index contributed by atoms with van der Waals surface area (Å²) in [5.41, 5.74) is 0.849. The average molecular weight is 453 g/mol. The van der Waals surface area contributed by atoms with Gasteiger partial charge in [-0.05, 0) is 50.4 Å². The number of carbonyl (C=O) groups excluding carboxylic acids is 2. The number of Topliss-reactive ketones (excluding diaryl/α,β-unsaturated/α-hetero) is 1. The van der Waals surface area contributed by atoms with Gasteiger partial charge in [-0.25, -0.2) is 0 Å². The number of esters is 1. The Labute approximate surface area is 180 Å². The Hall–Kier alpha value is -1.94. The Balaban J connectivity index is 1.45. The standard InChI is InChI=1S/C25H25BrO3/c26-25-14-17-11-18(15-25)13-24(12-17,16-25)23(28)29-22(20-9-5-2-6-10-20)21(27)19-7-3-1-4-8-19/h1-10,17-18,22H,11-16H2/t17-,18+,22-,24?,25?/m0/s1. The van der Waals surface area contributed by atoms with E-state index in [1.807, 2.05) is 48.5 Å². The fourth-order valence-electron chi connectivity index (χ4n) is 6.28. The molecule has 0 aromatic heterocycles. The predicted octanol–water partition coefficient (Wildman–Crippen LogP) is 5.89. The van der Waals surface area contributed by atoms with Gasteiger partial charge in [-0.2, -0.15) is 0 Å². The fraction of sp³-hybridized carbons (Fsp3) is 0.440. The maximum absolute atomic E-state index is 13.6. The van der Waals surface area contributed by atoms with Crippen LogP contribution in [0.25, 0.3) is 0 Å². The summed E-state index contributed by atoms with van der Waals surface area (Å²) in [5, 5.41) is 0. The van der Waals surface area contributed by atoms with Crippen LogP contribution in [0.5, 0.6) is 0 Å². The van der Waals surface area contributed by atoms with Gasteiger partial charge in [-0.3, -0.25) is 9.59 Å². The zero-order chi connectivity index (χ0) is 20.1. The molecule has 150 valence electrons. The van der Waals surface area contributed by atoms with Crippen molar-refractivity contribution in [2.24, 2.45) is 17.3 Å². The molecule has 4 bridgehead atoms. The van der Waals surface area contributed by atoms with E-state index >= 15 is 0 Å². The normalized spacial score (nSPS) is 33.3. The molecule has 4 aliphatic carbocycles. The second kappa shape index (κ2) is 7.09. The Morgan fingerprint density at radius 2 is 1.48 bits per heavy atom. The third-order valence-corrected chi connectivity index (χ3v) is 7.97. The van der Waals surface area contributed by atoms with Gasteiger partial charge < -0.3 is 4.74 Å². The molecule has 5 atom stereocenters.